The maximum Gasteiger partial charge on any atom is 0.269 e. The monoisotopic (exact) mass is 204 g/mol. The summed E-state index contributed by atoms with van der Waals surface area (Å²) in [6.07, 6.45) is 0. The van der Waals surface area contributed by atoms with Crippen LogP contribution in [-0.4, -0.2) is 20.3 Å². The van der Waals surface area contributed by atoms with E-state index in [1.807, 2.05) is 6.92 Å². The van der Waals surface area contributed by atoms with Crippen LogP contribution >= 0.6 is 0 Å². The fourth-order valence-electron chi connectivity index (χ4n) is 1.29. The lowest BCUT2D eigenvalue weighted by Gasteiger charge is -1.96. The Hall–Kier alpha value is -2.24. The molecule has 1 heterocycles. The Morgan fingerprint density at radius 1 is 1.33 bits per heavy atom. The highest BCUT2D eigenvalue weighted by atomic mass is 16.6. The summed E-state index contributed by atoms with van der Waals surface area (Å²) in [6.45, 7) is 1.84. The van der Waals surface area contributed by atoms with Crippen molar-refractivity contribution in [3.63, 3.8) is 0 Å². The average Bonchev–Trinajstić information content (AvgIpc) is 2.65. The second-order valence-corrected chi connectivity index (χ2v) is 3.09. The molecule has 6 heteroatoms. The molecule has 0 aliphatic heterocycles. The van der Waals surface area contributed by atoms with Crippen LogP contribution in [0.3, 0.4) is 0 Å². The summed E-state index contributed by atoms with van der Waals surface area (Å²) in [6, 6.07) is 6.21. The molecule has 15 heavy (non-hydrogen) atoms. The summed E-state index contributed by atoms with van der Waals surface area (Å²) in [5, 5.41) is 20.7. The molecule has 2 aromatic rings. The largest absolute Gasteiger partial charge is 0.269 e. The molecule has 0 radical (unpaired) electrons. The molecule has 1 aromatic carbocycles. The van der Waals surface area contributed by atoms with Crippen molar-refractivity contribution in [1.82, 2.24) is 15.4 Å². The molecular formula is C9H8N4O2. The van der Waals surface area contributed by atoms with Gasteiger partial charge in [0.15, 0.2) is 0 Å². The molecule has 0 bridgehead atoms. The molecule has 0 spiro atoms. The number of H-pyrrole nitrogens is 1. The fourth-order valence-corrected chi connectivity index (χ4v) is 1.29. The Labute approximate surface area is 85.1 Å². The molecule has 0 aliphatic rings. The maximum atomic E-state index is 10.4. The molecule has 1 N–H and O–H groups in total. The van der Waals surface area contributed by atoms with Crippen LogP contribution in [-0.2, 0) is 0 Å². The van der Waals surface area contributed by atoms with E-state index < -0.39 is 4.92 Å². The second kappa shape index (κ2) is 3.49. The number of rotatable bonds is 2. The van der Waals surface area contributed by atoms with Crippen LogP contribution in [0.25, 0.3) is 11.3 Å². The molecule has 76 valence electrons. The Morgan fingerprint density at radius 2 is 2.00 bits per heavy atom. The Kier molecular flexibility index (Phi) is 2.17. The zero-order valence-electron chi connectivity index (χ0n) is 7.97. The van der Waals surface area contributed by atoms with Crippen LogP contribution in [0, 0.1) is 17.0 Å². The van der Waals surface area contributed by atoms with E-state index in [0.717, 1.165) is 11.3 Å². The standard InChI is InChI=1S/C9H8N4O2/c1-6-9(11-12-10-6)7-2-4-8(5-3-7)13(14)15/h2-5H,1H3,(H,10,11,12). The quantitative estimate of drug-likeness (QED) is 0.595. The van der Waals surface area contributed by atoms with Gasteiger partial charge in [-0.25, -0.2) is 0 Å². The molecule has 0 atom stereocenters. The fraction of sp³-hybridized carbons (Fsp3) is 0.111. The normalized spacial score (nSPS) is 10.2. The van der Waals surface area contributed by atoms with Crippen LogP contribution in [0.2, 0.25) is 0 Å². The van der Waals surface area contributed by atoms with Crippen molar-refractivity contribution in [3.8, 4) is 11.3 Å². The van der Waals surface area contributed by atoms with Crippen LogP contribution < -0.4 is 0 Å². The van der Waals surface area contributed by atoms with E-state index in [1.54, 1.807) is 12.1 Å². The van der Waals surface area contributed by atoms with Gasteiger partial charge in [-0.15, -0.1) is 5.10 Å². The van der Waals surface area contributed by atoms with Crippen LogP contribution in [0.15, 0.2) is 24.3 Å². The van der Waals surface area contributed by atoms with Crippen molar-refractivity contribution in [3.05, 3.63) is 40.1 Å². The lowest BCUT2D eigenvalue weighted by molar-refractivity contribution is -0.384. The van der Waals surface area contributed by atoms with Crippen LogP contribution in [0.5, 0.6) is 0 Å². The van der Waals surface area contributed by atoms with E-state index in [0.29, 0.717) is 5.69 Å². The smallest absolute Gasteiger partial charge is 0.262 e. The highest BCUT2D eigenvalue weighted by molar-refractivity contribution is 5.62. The number of non-ortho nitro benzene ring substituents is 1. The van der Waals surface area contributed by atoms with Gasteiger partial charge in [-0.2, -0.15) is 0 Å². The Balaban J connectivity index is 2.40. The number of aryl methyl sites for hydroxylation is 1. The molecule has 0 fully saturated rings. The molecule has 6 nitrogen and oxygen atoms in total. The van der Waals surface area contributed by atoms with Gasteiger partial charge in [0, 0.05) is 17.7 Å². The lowest BCUT2D eigenvalue weighted by Crippen LogP contribution is -1.87. The molecular weight excluding hydrogens is 196 g/mol. The van der Waals surface area contributed by atoms with Gasteiger partial charge < -0.3 is 0 Å². The van der Waals surface area contributed by atoms with Crippen molar-refractivity contribution in [2.24, 2.45) is 0 Å². The van der Waals surface area contributed by atoms with E-state index in [-0.39, 0.29) is 5.69 Å². The first-order valence-electron chi connectivity index (χ1n) is 4.31. The molecule has 0 saturated carbocycles. The second-order valence-electron chi connectivity index (χ2n) is 3.09. The van der Waals surface area contributed by atoms with Crippen molar-refractivity contribution >= 4 is 5.69 Å². The highest BCUT2D eigenvalue weighted by Gasteiger charge is 2.08. The first-order valence-corrected chi connectivity index (χ1v) is 4.31. The third-order valence-corrected chi connectivity index (χ3v) is 2.07. The zero-order valence-corrected chi connectivity index (χ0v) is 7.97. The topological polar surface area (TPSA) is 84.7 Å². The van der Waals surface area contributed by atoms with Crippen LogP contribution in [0.4, 0.5) is 5.69 Å². The number of aromatic amines is 1. The number of nitro benzene ring substituents is 1. The number of nitrogens with zero attached hydrogens (tertiary/aromatic N) is 3. The zero-order chi connectivity index (χ0) is 10.8. The van der Waals surface area contributed by atoms with Gasteiger partial charge in [-0.05, 0) is 19.1 Å². The minimum absolute atomic E-state index is 0.0693. The summed E-state index contributed by atoms with van der Waals surface area (Å²) in [5.41, 5.74) is 2.43. The van der Waals surface area contributed by atoms with Crippen molar-refractivity contribution < 1.29 is 4.92 Å². The average molecular weight is 204 g/mol. The number of aromatic nitrogens is 3. The van der Waals surface area contributed by atoms with E-state index in [9.17, 15) is 10.1 Å². The van der Waals surface area contributed by atoms with E-state index >= 15 is 0 Å². The van der Waals surface area contributed by atoms with Gasteiger partial charge >= 0.3 is 0 Å². The van der Waals surface area contributed by atoms with Gasteiger partial charge in [0.2, 0.25) is 0 Å². The maximum absolute atomic E-state index is 10.4. The number of nitrogens with one attached hydrogen (secondary N) is 1. The van der Waals surface area contributed by atoms with Gasteiger partial charge in [-0.1, -0.05) is 5.21 Å². The number of hydrogen-bond acceptors (Lipinski definition) is 4. The van der Waals surface area contributed by atoms with E-state index in [2.05, 4.69) is 15.4 Å². The Morgan fingerprint density at radius 3 is 2.47 bits per heavy atom. The minimum atomic E-state index is -0.431. The van der Waals surface area contributed by atoms with Gasteiger partial charge in [-0.3, -0.25) is 15.2 Å². The molecule has 0 aliphatic carbocycles. The predicted molar refractivity (Wildman–Crippen MR) is 53.2 cm³/mol. The number of benzene rings is 1. The summed E-state index contributed by atoms with van der Waals surface area (Å²) in [5.74, 6) is 0. The summed E-state index contributed by atoms with van der Waals surface area (Å²) in [4.78, 5) is 10.0. The third kappa shape index (κ3) is 1.69. The third-order valence-electron chi connectivity index (χ3n) is 2.07. The summed E-state index contributed by atoms with van der Waals surface area (Å²) in [7, 11) is 0. The van der Waals surface area contributed by atoms with Crippen molar-refractivity contribution in [2.75, 3.05) is 0 Å². The number of nitro groups is 1. The first kappa shape index (κ1) is 9.32. The SMILES string of the molecule is Cc1[nH]nnc1-c1ccc([N+](=O)[O-])cc1. The molecule has 0 amide bonds. The van der Waals surface area contributed by atoms with Crippen molar-refractivity contribution in [1.29, 1.82) is 0 Å². The summed E-state index contributed by atoms with van der Waals surface area (Å²) < 4.78 is 0. The van der Waals surface area contributed by atoms with Gasteiger partial charge in [0.05, 0.1) is 10.6 Å². The van der Waals surface area contributed by atoms with Crippen LogP contribution in [0.1, 0.15) is 5.69 Å². The molecule has 1 aromatic heterocycles. The first-order chi connectivity index (χ1) is 7.18. The number of hydrogen-bond donors (Lipinski definition) is 1. The van der Waals surface area contributed by atoms with Gasteiger partial charge in [0.1, 0.15) is 5.69 Å². The lowest BCUT2D eigenvalue weighted by atomic mass is 10.1. The molecule has 0 unspecified atom stereocenters. The van der Waals surface area contributed by atoms with E-state index in [4.69, 9.17) is 0 Å². The highest BCUT2D eigenvalue weighted by Crippen LogP contribution is 2.21. The van der Waals surface area contributed by atoms with E-state index in [1.165, 1.54) is 12.1 Å². The predicted octanol–water partition coefficient (Wildman–Crippen LogP) is 1.69. The molecule has 2 rings (SSSR count). The van der Waals surface area contributed by atoms with Crippen molar-refractivity contribution in [2.45, 2.75) is 6.92 Å². The van der Waals surface area contributed by atoms with Gasteiger partial charge in [0.25, 0.3) is 5.69 Å². The summed E-state index contributed by atoms with van der Waals surface area (Å²) >= 11 is 0. The Bertz CT molecular complexity index is 489. The molecule has 0 saturated heterocycles. The minimum Gasteiger partial charge on any atom is -0.262 e.